The first kappa shape index (κ1) is 21.7. The van der Waals surface area contributed by atoms with E-state index in [9.17, 15) is 13.2 Å². The van der Waals surface area contributed by atoms with E-state index in [1.165, 1.54) is 18.4 Å². The number of thiocarbonyl (C=S) groups is 1. The summed E-state index contributed by atoms with van der Waals surface area (Å²) in [4.78, 5) is 12.1. The van der Waals surface area contributed by atoms with Gasteiger partial charge in [0.15, 0.2) is 5.11 Å². The van der Waals surface area contributed by atoms with E-state index in [4.69, 9.17) is 16.6 Å². The molecule has 0 saturated carbocycles. The lowest BCUT2D eigenvalue weighted by Crippen LogP contribution is -2.34. The summed E-state index contributed by atoms with van der Waals surface area (Å²) >= 11 is 5.15. The van der Waals surface area contributed by atoms with Crippen LogP contribution >= 0.6 is 12.2 Å². The molecule has 0 atom stereocenters. The highest BCUT2D eigenvalue weighted by molar-refractivity contribution is 7.89. The van der Waals surface area contributed by atoms with Crippen molar-refractivity contribution in [3.8, 4) is 0 Å². The zero-order chi connectivity index (χ0) is 21.4. The van der Waals surface area contributed by atoms with Gasteiger partial charge < -0.3 is 15.1 Å². The van der Waals surface area contributed by atoms with Gasteiger partial charge in [-0.15, -0.1) is 0 Å². The molecule has 30 heavy (non-hydrogen) atoms. The molecule has 0 radical (unpaired) electrons. The molecule has 0 bridgehead atoms. The molecule has 3 aromatic rings. The lowest BCUT2D eigenvalue weighted by Gasteiger charge is -2.11. The van der Waals surface area contributed by atoms with Crippen LogP contribution in [-0.4, -0.2) is 19.4 Å². The van der Waals surface area contributed by atoms with Gasteiger partial charge in [0.05, 0.1) is 17.7 Å². The SMILES string of the molecule is O=C(CCc1ccccc1)NC(=S)Nc1ccc(S(=O)(=O)NCc2ccco2)cc1. The van der Waals surface area contributed by atoms with Crippen molar-refractivity contribution < 1.29 is 17.6 Å². The molecular weight excluding hydrogens is 422 g/mol. The van der Waals surface area contributed by atoms with Gasteiger partial charge in [-0.1, -0.05) is 30.3 Å². The minimum Gasteiger partial charge on any atom is -0.468 e. The van der Waals surface area contributed by atoms with Crippen molar-refractivity contribution in [3.63, 3.8) is 0 Å². The van der Waals surface area contributed by atoms with Crippen LogP contribution < -0.4 is 15.4 Å². The summed E-state index contributed by atoms with van der Waals surface area (Å²) in [7, 11) is -3.67. The summed E-state index contributed by atoms with van der Waals surface area (Å²) in [5.74, 6) is 0.322. The number of benzene rings is 2. The van der Waals surface area contributed by atoms with Gasteiger partial charge in [0.1, 0.15) is 5.76 Å². The van der Waals surface area contributed by atoms with Crippen LogP contribution in [0.15, 0.2) is 82.3 Å². The second-order valence-corrected chi connectivity index (χ2v) is 8.59. The highest BCUT2D eigenvalue weighted by atomic mass is 32.2. The van der Waals surface area contributed by atoms with Crippen molar-refractivity contribution in [2.75, 3.05) is 5.32 Å². The largest absolute Gasteiger partial charge is 0.468 e. The fraction of sp³-hybridized carbons (Fsp3) is 0.143. The van der Waals surface area contributed by atoms with Crippen LogP contribution in [0.4, 0.5) is 5.69 Å². The van der Waals surface area contributed by atoms with Gasteiger partial charge in [-0.25, -0.2) is 13.1 Å². The number of rotatable bonds is 8. The summed E-state index contributed by atoms with van der Waals surface area (Å²) < 4.78 is 32.3. The Morgan fingerprint density at radius 3 is 2.37 bits per heavy atom. The van der Waals surface area contributed by atoms with Crippen LogP contribution in [0.1, 0.15) is 17.7 Å². The molecule has 156 valence electrons. The molecule has 2 aromatic carbocycles. The van der Waals surface area contributed by atoms with Crippen molar-refractivity contribution in [1.29, 1.82) is 0 Å². The van der Waals surface area contributed by atoms with Gasteiger partial charge in [-0.3, -0.25) is 4.79 Å². The number of anilines is 1. The summed E-state index contributed by atoms with van der Waals surface area (Å²) in [5.41, 5.74) is 1.64. The van der Waals surface area contributed by atoms with Crippen molar-refractivity contribution in [1.82, 2.24) is 10.0 Å². The highest BCUT2D eigenvalue weighted by Crippen LogP contribution is 2.14. The second kappa shape index (κ2) is 10.1. The summed E-state index contributed by atoms with van der Waals surface area (Å²) in [6, 6.07) is 19.1. The van der Waals surface area contributed by atoms with Crippen LogP contribution in [0, 0.1) is 0 Å². The second-order valence-electron chi connectivity index (χ2n) is 6.42. The Bertz CT molecular complexity index is 1080. The smallest absolute Gasteiger partial charge is 0.240 e. The molecule has 1 aromatic heterocycles. The minimum absolute atomic E-state index is 0.0639. The molecule has 0 aliphatic rings. The van der Waals surface area contributed by atoms with E-state index in [1.807, 2.05) is 30.3 Å². The van der Waals surface area contributed by atoms with Gasteiger partial charge in [-0.05, 0) is 60.6 Å². The van der Waals surface area contributed by atoms with Gasteiger partial charge >= 0.3 is 0 Å². The van der Waals surface area contributed by atoms with Crippen LogP contribution in [0.3, 0.4) is 0 Å². The maximum absolute atomic E-state index is 12.3. The molecule has 0 spiro atoms. The number of carbonyl (C=O) groups excluding carboxylic acids is 1. The first-order chi connectivity index (χ1) is 14.4. The number of amides is 1. The number of nitrogens with one attached hydrogen (secondary N) is 3. The predicted molar refractivity (Wildman–Crippen MR) is 118 cm³/mol. The number of hydrogen-bond donors (Lipinski definition) is 3. The summed E-state index contributed by atoms with van der Waals surface area (Å²) in [5, 5.41) is 5.65. The molecule has 0 aliphatic carbocycles. The third-order valence-corrected chi connectivity index (χ3v) is 5.80. The van der Waals surface area contributed by atoms with Crippen LogP contribution in [0.25, 0.3) is 0 Å². The molecule has 0 aliphatic heterocycles. The lowest BCUT2D eigenvalue weighted by molar-refractivity contribution is -0.119. The van der Waals surface area contributed by atoms with Crippen molar-refractivity contribution in [2.45, 2.75) is 24.3 Å². The first-order valence-corrected chi connectivity index (χ1v) is 11.1. The van der Waals surface area contributed by atoms with Gasteiger partial charge in [0.2, 0.25) is 15.9 Å². The van der Waals surface area contributed by atoms with E-state index < -0.39 is 10.0 Å². The zero-order valence-corrected chi connectivity index (χ0v) is 17.6. The Labute approximate surface area is 180 Å². The van der Waals surface area contributed by atoms with E-state index in [2.05, 4.69) is 15.4 Å². The van der Waals surface area contributed by atoms with E-state index >= 15 is 0 Å². The first-order valence-electron chi connectivity index (χ1n) is 9.19. The van der Waals surface area contributed by atoms with E-state index in [0.717, 1.165) is 5.56 Å². The average molecular weight is 444 g/mol. The third-order valence-electron chi connectivity index (χ3n) is 4.18. The fourth-order valence-electron chi connectivity index (χ4n) is 2.63. The normalized spacial score (nSPS) is 11.1. The van der Waals surface area contributed by atoms with Crippen molar-refractivity contribution in [3.05, 3.63) is 84.3 Å². The van der Waals surface area contributed by atoms with Gasteiger partial charge in [-0.2, -0.15) is 0 Å². The van der Waals surface area contributed by atoms with E-state index in [1.54, 1.807) is 24.3 Å². The van der Waals surface area contributed by atoms with Crippen LogP contribution in [-0.2, 0) is 27.8 Å². The van der Waals surface area contributed by atoms with E-state index in [-0.39, 0.29) is 22.5 Å². The summed E-state index contributed by atoms with van der Waals surface area (Å²) in [6.45, 7) is 0.0639. The number of hydrogen-bond acceptors (Lipinski definition) is 5. The van der Waals surface area contributed by atoms with Crippen LogP contribution in [0.2, 0.25) is 0 Å². The topological polar surface area (TPSA) is 100 Å². The quantitative estimate of drug-likeness (QED) is 0.462. The standard InChI is InChI=1S/C21H21N3O4S2/c25-20(13-8-16-5-2-1-3-6-16)24-21(29)23-17-9-11-19(12-10-17)30(26,27)22-15-18-7-4-14-28-18/h1-7,9-12,14,22H,8,13,15H2,(H2,23,24,25,29). The highest BCUT2D eigenvalue weighted by Gasteiger charge is 2.14. The van der Waals surface area contributed by atoms with Gasteiger partial charge in [0.25, 0.3) is 0 Å². The van der Waals surface area contributed by atoms with Gasteiger partial charge in [0, 0.05) is 12.1 Å². The number of carbonyl (C=O) groups is 1. The Balaban J connectivity index is 1.48. The molecule has 1 amide bonds. The van der Waals surface area contributed by atoms with Crippen molar-refractivity contribution >= 4 is 38.9 Å². The number of furan rings is 1. The summed E-state index contributed by atoms with van der Waals surface area (Å²) in [6.07, 6.45) is 2.41. The van der Waals surface area contributed by atoms with Crippen LogP contribution in [0.5, 0.6) is 0 Å². The van der Waals surface area contributed by atoms with Crippen molar-refractivity contribution in [2.24, 2.45) is 0 Å². The Kier molecular flexibility index (Phi) is 7.34. The molecule has 3 N–H and O–H groups in total. The molecule has 9 heteroatoms. The molecule has 7 nitrogen and oxygen atoms in total. The lowest BCUT2D eigenvalue weighted by atomic mass is 10.1. The number of aryl methyl sites for hydroxylation is 1. The minimum atomic E-state index is -3.67. The zero-order valence-electron chi connectivity index (χ0n) is 16.0. The molecule has 0 unspecified atom stereocenters. The molecule has 0 saturated heterocycles. The maximum Gasteiger partial charge on any atom is 0.240 e. The Hall–Kier alpha value is -3.01. The molecule has 3 rings (SSSR count). The third kappa shape index (κ3) is 6.51. The monoisotopic (exact) mass is 443 g/mol. The van der Waals surface area contributed by atoms with E-state index in [0.29, 0.717) is 24.3 Å². The molecule has 0 fully saturated rings. The molecule has 1 heterocycles. The molecular formula is C21H21N3O4S2. The Morgan fingerprint density at radius 2 is 1.70 bits per heavy atom. The number of sulfonamides is 1. The Morgan fingerprint density at radius 1 is 0.967 bits per heavy atom. The fourth-order valence-corrected chi connectivity index (χ4v) is 3.86. The average Bonchev–Trinajstić information content (AvgIpc) is 3.26. The predicted octanol–water partition coefficient (Wildman–Crippen LogP) is 3.20. The maximum atomic E-state index is 12.3.